The molecule has 0 atom stereocenters. The van der Waals surface area contributed by atoms with Crippen molar-refractivity contribution in [2.45, 2.75) is 6.43 Å². The number of hydrogen-bond donors (Lipinski definition) is 3. The van der Waals surface area contributed by atoms with Crippen molar-refractivity contribution >= 4 is 5.82 Å². The second-order valence-electron chi connectivity index (χ2n) is 3.28. The largest absolute Gasteiger partial charge is 0.507 e. The number of H-pyrrole nitrogens is 1. The highest BCUT2D eigenvalue weighted by atomic mass is 19.3. The molecular formula is C10H9F2N3O. The van der Waals surface area contributed by atoms with Gasteiger partial charge in [-0.2, -0.15) is 5.10 Å². The fraction of sp³-hybridized carbons (Fsp3) is 0.100. The van der Waals surface area contributed by atoms with Crippen LogP contribution in [0.3, 0.4) is 0 Å². The number of anilines is 1. The summed E-state index contributed by atoms with van der Waals surface area (Å²) < 4.78 is 24.9. The Bertz CT molecular complexity index is 511. The van der Waals surface area contributed by atoms with Crippen molar-refractivity contribution in [3.63, 3.8) is 0 Å². The molecule has 0 fully saturated rings. The van der Waals surface area contributed by atoms with Crippen molar-refractivity contribution < 1.29 is 13.9 Å². The third kappa shape index (κ3) is 1.81. The Morgan fingerprint density at radius 2 is 2.06 bits per heavy atom. The van der Waals surface area contributed by atoms with Gasteiger partial charge in [0.15, 0.2) is 0 Å². The van der Waals surface area contributed by atoms with Crippen LogP contribution in [0, 0.1) is 0 Å². The van der Waals surface area contributed by atoms with Crippen LogP contribution in [0.4, 0.5) is 14.6 Å². The molecule has 2 aromatic rings. The number of nitrogen functional groups attached to an aromatic ring is 1. The van der Waals surface area contributed by atoms with Gasteiger partial charge in [-0.3, -0.25) is 5.10 Å². The smallest absolute Gasteiger partial charge is 0.263 e. The second-order valence-corrected chi connectivity index (χ2v) is 3.28. The lowest BCUT2D eigenvalue weighted by Gasteiger charge is -2.05. The number of hydrogen-bond acceptors (Lipinski definition) is 3. The first-order chi connectivity index (χ1) is 7.58. The maximum Gasteiger partial charge on any atom is 0.263 e. The van der Waals surface area contributed by atoms with Crippen LogP contribution in [-0.2, 0) is 0 Å². The van der Waals surface area contributed by atoms with Crippen LogP contribution >= 0.6 is 0 Å². The van der Waals surface area contributed by atoms with E-state index in [1.54, 1.807) is 0 Å². The number of aromatic hydroxyl groups is 1. The topological polar surface area (TPSA) is 74.9 Å². The number of halogens is 2. The van der Waals surface area contributed by atoms with Gasteiger partial charge in [0, 0.05) is 17.2 Å². The number of aromatic amines is 1. The molecule has 0 radical (unpaired) electrons. The Hall–Kier alpha value is -2.11. The summed E-state index contributed by atoms with van der Waals surface area (Å²) in [6.45, 7) is 0. The van der Waals surface area contributed by atoms with Gasteiger partial charge in [-0.25, -0.2) is 8.78 Å². The van der Waals surface area contributed by atoms with Gasteiger partial charge in [-0.05, 0) is 18.2 Å². The van der Waals surface area contributed by atoms with Crippen molar-refractivity contribution in [1.29, 1.82) is 0 Å². The summed E-state index contributed by atoms with van der Waals surface area (Å²) in [5.41, 5.74) is 5.88. The van der Waals surface area contributed by atoms with Crippen LogP contribution in [0.5, 0.6) is 5.75 Å². The number of nitrogens with zero attached hydrogens (tertiary/aromatic N) is 1. The van der Waals surface area contributed by atoms with Crippen molar-refractivity contribution in [2.24, 2.45) is 0 Å². The Morgan fingerprint density at radius 1 is 1.31 bits per heavy atom. The highest BCUT2D eigenvalue weighted by Crippen LogP contribution is 2.32. The quantitative estimate of drug-likeness (QED) is 0.734. The fourth-order valence-electron chi connectivity index (χ4n) is 1.38. The average Bonchev–Trinajstić information content (AvgIpc) is 2.65. The summed E-state index contributed by atoms with van der Waals surface area (Å²) >= 11 is 0. The first-order valence-electron chi connectivity index (χ1n) is 4.50. The van der Waals surface area contributed by atoms with Crippen LogP contribution in [0.15, 0.2) is 24.3 Å². The van der Waals surface area contributed by atoms with Gasteiger partial charge in [0.05, 0.1) is 5.69 Å². The molecule has 0 saturated carbocycles. The van der Waals surface area contributed by atoms with Gasteiger partial charge in [0.2, 0.25) is 0 Å². The van der Waals surface area contributed by atoms with E-state index >= 15 is 0 Å². The third-order valence-corrected chi connectivity index (χ3v) is 2.16. The summed E-state index contributed by atoms with van der Waals surface area (Å²) in [6.07, 6.45) is -2.58. The highest BCUT2D eigenvalue weighted by molar-refractivity contribution is 5.69. The minimum atomic E-state index is -2.58. The van der Waals surface area contributed by atoms with Crippen molar-refractivity contribution in [2.75, 3.05) is 5.73 Å². The number of benzene rings is 1. The molecule has 0 aliphatic heterocycles. The van der Waals surface area contributed by atoms with E-state index in [1.807, 2.05) is 0 Å². The summed E-state index contributed by atoms with van der Waals surface area (Å²) in [7, 11) is 0. The number of rotatable bonds is 2. The summed E-state index contributed by atoms with van der Waals surface area (Å²) in [5, 5.41) is 15.8. The predicted octanol–water partition coefficient (Wildman–Crippen LogP) is 2.30. The molecule has 16 heavy (non-hydrogen) atoms. The lowest BCUT2D eigenvalue weighted by atomic mass is 10.1. The number of aromatic nitrogens is 2. The normalized spacial score (nSPS) is 10.9. The maximum absolute atomic E-state index is 12.5. The third-order valence-electron chi connectivity index (χ3n) is 2.16. The molecule has 4 nitrogen and oxygen atoms in total. The molecule has 0 amide bonds. The molecule has 0 aliphatic carbocycles. The highest BCUT2D eigenvalue weighted by Gasteiger charge is 2.12. The van der Waals surface area contributed by atoms with Crippen LogP contribution in [0.2, 0.25) is 0 Å². The van der Waals surface area contributed by atoms with Crippen molar-refractivity contribution in [1.82, 2.24) is 10.2 Å². The van der Waals surface area contributed by atoms with Gasteiger partial charge in [0.25, 0.3) is 6.43 Å². The minimum absolute atomic E-state index is 0.104. The standard InChI is InChI=1S/C10H9F2N3O/c11-10(12)5-1-2-8(16)6(3-5)7-4-9(13)15-14-7/h1-4,10,16H,(H3,13,14,15). The van der Waals surface area contributed by atoms with Crippen molar-refractivity contribution in [3.8, 4) is 17.0 Å². The number of nitrogens with two attached hydrogens (primary N) is 1. The van der Waals surface area contributed by atoms with E-state index in [0.29, 0.717) is 5.69 Å². The zero-order valence-corrected chi connectivity index (χ0v) is 8.11. The van der Waals surface area contributed by atoms with Gasteiger partial charge in [0.1, 0.15) is 11.6 Å². The van der Waals surface area contributed by atoms with Gasteiger partial charge >= 0.3 is 0 Å². The number of phenolic OH excluding ortho intramolecular Hbond substituents is 1. The predicted molar refractivity (Wildman–Crippen MR) is 55.1 cm³/mol. The molecule has 0 unspecified atom stereocenters. The molecule has 6 heteroatoms. The lowest BCUT2D eigenvalue weighted by molar-refractivity contribution is 0.151. The van der Waals surface area contributed by atoms with E-state index in [4.69, 9.17) is 5.73 Å². The van der Waals surface area contributed by atoms with Gasteiger partial charge < -0.3 is 10.8 Å². The van der Waals surface area contributed by atoms with Gasteiger partial charge in [-0.1, -0.05) is 0 Å². The Balaban J connectivity index is 2.51. The van der Waals surface area contributed by atoms with Gasteiger partial charge in [-0.15, -0.1) is 0 Å². The van der Waals surface area contributed by atoms with E-state index in [1.165, 1.54) is 24.3 Å². The van der Waals surface area contributed by atoms with Crippen molar-refractivity contribution in [3.05, 3.63) is 29.8 Å². The molecule has 2 rings (SSSR count). The summed E-state index contributed by atoms with van der Waals surface area (Å²) in [4.78, 5) is 0. The zero-order valence-electron chi connectivity index (χ0n) is 8.11. The Labute approximate surface area is 89.7 Å². The van der Waals surface area contributed by atoms with E-state index < -0.39 is 6.43 Å². The lowest BCUT2D eigenvalue weighted by Crippen LogP contribution is -1.86. The van der Waals surface area contributed by atoms with Crippen LogP contribution in [-0.4, -0.2) is 15.3 Å². The molecule has 0 saturated heterocycles. The Morgan fingerprint density at radius 3 is 2.62 bits per heavy atom. The molecule has 0 bridgehead atoms. The number of phenols is 1. The number of nitrogens with one attached hydrogen (secondary N) is 1. The minimum Gasteiger partial charge on any atom is -0.507 e. The molecule has 1 aromatic heterocycles. The van der Waals surface area contributed by atoms with E-state index in [0.717, 1.165) is 0 Å². The number of alkyl halides is 2. The van der Waals surface area contributed by atoms with E-state index in [9.17, 15) is 13.9 Å². The van der Waals surface area contributed by atoms with E-state index in [2.05, 4.69) is 10.2 Å². The molecule has 0 spiro atoms. The molecule has 4 N–H and O–H groups in total. The Kier molecular flexibility index (Phi) is 2.47. The first kappa shape index (κ1) is 10.4. The zero-order chi connectivity index (χ0) is 11.7. The van der Waals surface area contributed by atoms with E-state index in [-0.39, 0.29) is 22.7 Å². The first-order valence-corrected chi connectivity index (χ1v) is 4.50. The summed E-state index contributed by atoms with van der Waals surface area (Å²) in [5.74, 6) is 0.130. The molecule has 84 valence electrons. The molecule has 0 aliphatic rings. The molecule has 1 aromatic carbocycles. The maximum atomic E-state index is 12.5. The fourth-order valence-corrected chi connectivity index (χ4v) is 1.38. The van der Waals surface area contributed by atoms with Crippen LogP contribution in [0.25, 0.3) is 11.3 Å². The monoisotopic (exact) mass is 225 g/mol. The SMILES string of the molecule is Nc1cc(-c2cc(C(F)F)ccc2O)[nH]n1. The van der Waals surface area contributed by atoms with Crippen LogP contribution in [0.1, 0.15) is 12.0 Å². The molecule has 1 heterocycles. The summed E-state index contributed by atoms with van der Waals surface area (Å²) in [6, 6.07) is 5.05. The average molecular weight is 225 g/mol. The second kappa shape index (κ2) is 3.80. The molecular weight excluding hydrogens is 216 g/mol. The van der Waals surface area contributed by atoms with Crippen LogP contribution < -0.4 is 5.73 Å².